The summed E-state index contributed by atoms with van der Waals surface area (Å²) in [6.07, 6.45) is 1.90. The van der Waals surface area contributed by atoms with E-state index in [0.717, 1.165) is 5.56 Å². The van der Waals surface area contributed by atoms with Crippen LogP contribution in [0.3, 0.4) is 0 Å². The van der Waals surface area contributed by atoms with Crippen LogP contribution in [0.15, 0.2) is 42.7 Å². The molecule has 1 atom stereocenters. The molecule has 21 heavy (non-hydrogen) atoms. The van der Waals surface area contributed by atoms with Crippen LogP contribution in [0.5, 0.6) is 5.75 Å². The molecular weight excluding hydrogens is 272 g/mol. The number of nitrogens with two attached hydrogens (primary N) is 1. The van der Waals surface area contributed by atoms with Crippen LogP contribution in [0.2, 0.25) is 0 Å². The van der Waals surface area contributed by atoms with Gasteiger partial charge in [-0.3, -0.25) is 4.98 Å². The largest absolute Gasteiger partial charge is 0.487 e. The van der Waals surface area contributed by atoms with Gasteiger partial charge < -0.3 is 20.3 Å². The zero-order valence-corrected chi connectivity index (χ0v) is 11.5. The van der Waals surface area contributed by atoms with Crippen LogP contribution in [0.1, 0.15) is 27.7 Å². The van der Waals surface area contributed by atoms with Gasteiger partial charge in [-0.15, -0.1) is 0 Å². The van der Waals surface area contributed by atoms with Gasteiger partial charge in [0, 0.05) is 11.8 Å². The van der Waals surface area contributed by atoms with Gasteiger partial charge in [-0.2, -0.15) is 0 Å². The zero-order chi connectivity index (χ0) is 15.2. The number of pyridine rings is 1. The van der Waals surface area contributed by atoms with E-state index in [1.807, 2.05) is 6.07 Å². The van der Waals surface area contributed by atoms with Gasteiger partial charge >= 0.3 is 5.97 Å². The third kappa shape index (κ3) is 4.01. The number of rotatable bonds is 5. The van der Waals surface area contributed by atoms with E-state index in [-0.39, 0.29) is 6.61 Å². The van der Waals surface area contributed by atoms with Crippen LogP contribution in [0, 0.1) is 0 Å². The number of ether oxygens (including phenoxy) is 2. The number of aliphatic hydroxyl groups is 1. The second-order valence-electron chi connectivity index (χ2n) is 4.38. The quantitative estimate of drug-likeness (QED) is 0.638. The Labute approximate surface area is 122 Å². The summed E-state index contributed by atoms with van der Waals surface area (Å²) in [5, 5.41) is 9.29. The number of esters is 1. The molecule has 1 aromatic carbocycles. The predicted molar refractivity (Wildman–Crippen MR) is 75.5 cm³/mol. The predicted octanol–water partition coefficient (Wildman–Crippen LogP) is 1.40. The van der Waals surface area contributed by atoms with Gasteiger partial charge in [0.2, 0.25) is 0 Å². The molecule has 6 heteroatoms. The minimum Gasteiger partial charge on any atom is -0.487 e. The Morgan fingerprint density at radius 3 is 2.90 bits per heavy atom. The highest BCUT2D eigenvalue weighted by molar-refractivity contribution is 5.89. The van der Waals surface area contributed by atoms with Crippen LogP contribution in [0.25, 0.3) is 0 Å². The van der Waals surface area contributed by atoms with Crippen LogP contribution >= 0.6 is 0 Å². The van der Waals surface area contributed by atoms with Gasteiger partial charge in [0.1, 0.15) is 18.6 Å². The lowest BCUT2D eigenvalue weighted by atomic mass is 10.1. The molecule has 0 fully saturated rings. The minimum absolute atomic E-state index is 0.261. The second-order valence-corrected chi connectivity index (χ2v) is 4.38. The third-order valence-corrected chi connectivity index (χ3v) is 2.83. The van der Waals surface area contributed by atoms with Crippen molar-refractivity contribution in [2.75, 3.05) is 7.11 Å². The van der Waals surface area contributed by atoms with E-state index in [1.165, 1.54) is 19.5 Å². The molecule has 0 spiro atoms. The fraction of sp³-hybridized carbons (Fsp3) is 0.200. The average molecular weight is 288 g/mol. The molecule has 1 unspecified atom stereocenters. The van der Waals surface area contributed by atoms with Gasteiger partial charge in [0.05, 0.1) is 18.9 Å². The summed E-state index contributed by atoms with van der Waals surface area (Å²) in [5.74, 6) is 0.0900. The minimum atomic E-state index is -1.09. The number of aromatic nitrogens is 1. The molecule has 110 valence electrons. The van der Waals surface area contributed by atoms with Crippen LogP contribution in [0.4, 0.5) is 0 Å². The van der Waals surface area contributed by atoms with Crippen molar-refractivity contribution >= 4 is 5.97 Å². The van der Waals surface area contributed by atoms with Crippen LogP contribution < -0.4 is 10.5 Å². The van der Waals surface area contributed by atoms with E-state index in [9.17, 15) is 9.90 Å². The Bertz CT molecular complexity index is 629. The molecule has 0 saturated carbocycles. The van der Waals surface area contributed by atoms with E-state index in [0.29, 0.717) is 16.9 Å². The number of carbonyl (C=O) groups is 1. The first-order valence-corrected chi connectivity index (χ1v) is 6.29. The van der Waals surface area contributed by atoms with E-state index >= 15 is 0 Å². The molecule has 1 heterocycles. The second kappa shape index (κ2) is 6.83. The summed E-state index contributed by atoms with van der Waals surface area (Å²) in [5.41, 5.74) is 7.11. The summed E-state index contributed by atoms with van der Waals surface area (Å²) >= 11 is 0. The molecule has 2 aromatic rings. The molecular formula is C15H16N2O4. The number of carbonyl (C=O) groups excluding carboxylic acids is 1. The maximum Gasteiger partial charge on any atom is 0.337 e. The standard InChI is InChI=1S/C15H16N2O4/c1-20-15(19)11-4-2-3-10(5-11)9-21-13-6-12(14(16)18)7-17-8-13/h2-8,14,18H,9,16H2,1H3. The van der Waals surface area contributed by atoms with Crippen molar-refractivity contribution in [2.24, 2.45) is 5.73 Å². The number of hydrogen-bond acceptors (Lipinski definition) is 6. The molecule has 0 aliphatic heterocycles. The first-order valence-electron chi connectivity index (χ1n) is 6.29. The van der Waals surface area contributed by atoms with Crippen LogP contribution in [-0.4, -0.2) is 23.2 Å². The number of hydrogen-bond donors (Lipinski definition) is 2. The van der Waals surface area contributed by atoms with Gasteiger partial charge in [0.25, 0.3) is 0 Å². The highest BCUT2D eigenvalue weighted by atomic mass is 16.5. The maximum atomic E-state index is 11.4. The van der Waals surface area contributed by atoms with Gasteiger partial charge in [-0.05, 0) is 23.8 Å². The number of aliphatic hydroxyl groups excluding tert-OH is 1. The smallest absolute Gasteiger partial charge is 0.337 e. The highest BCUT2D eigenvalue weighted by Crippen LogP contribution is 2.16. The van der Waals surface area contributed by atoms with Crippen molar-refractivity contribution in [3.8, 4) is 5.75 Å². The lowest BCUT2D eigenvalue weighted by Crippen LogP contribution is -2.09. The highest BCUT2D eigenvalue weighted by Gasteiger charge is 2.07. The van der Waals surface area contributed by atoms with Gasteiger partial charge in [0.15, 0.2) is 0 Å². The van der Waals surface area contributed by atoms with Crippen molar-refractivity contribution in [3.63, 3.8) is 0 Å². The lowest BCUT2D eigenvalue weighted by Gasteiger charge is -2.09. The molecule has 0 saturated heterocycles. The summed E-state index contributed by atoms with van der Waals surface area (Å²) in [7, 11) is 1.33. The Morgan fingerprint density at radius 2 is 2.19 bits per heavy atom. The van der Waals surface area contributed by atoms with Crippen molar-refractivity contribution in [1.29, 1.82) is 0 Å². The summed E-state index contributed by atoms with van der Waals surface area (Å²) in [6.45, 7) is 0.261. The Kier molecular flexibility index (Phi) is 4.86. The molecule has 0 aliphatic rings. The molecule has 6 nitrogen and oxygen atoms in total. The molecule has 3 N–H and O–H groups in total. The van der Waals surface area contributed by atoms with Crippen molar-refractivity contribution < 1.29 is 19.4 Å². The van der Waals surface area contributed by atoms with Crippen LogP contribution in [-0.2, 0) is 11.3 Å². The Morgan fingerprint density at radius 1 is 1.38 bits per heavy atom. The fourth-order valence-electron chi connectivity index (χ4n) is 1.75. The summed E-state index contributed by atoms with van der Waals surface area (Å²) in [6, 6.07) is 8.57. The van der Waals surface area contributed by atoms with Gasteiger partial charge in [-0.1, -0.05) is 12.1 Å². The number of nitrogens with zero attached hydrogens (tertiary/aromatic N) is 1. The monoisotopic (exact) mass is 288 g/mol. The molecule has 0 amide bonds. The number of benzene rings is 1. The Hall–Kier alpha value is -2.44. The molecule has 2 rings (SSSR count). The van der Waals surface area contributed by atoms with E-state index in [4.69, 9.17) is 10.5 Å². The van der Waals surface area contributed by atoms with Gasteiger partial charge in [-0.25, -0.2) is 4.79 Å². The molecule has 1 aromatic heterocycles. The van der Waals surface area contributed by atoms with Crippen molar-refractivity contribution in [3.05, 3.63) is 59.4 Å². The van der Waals surface area contributed by atoms with Crippen molar-refractivity contribution in [2.45, 2.75) is 12.8 Å². The Balaban J connectivity index is 2.06. The molecule has 0 radical (unpaired) electrons. The first-order chi connectivity index (χ1) is 10.1. The number of methoxy groups -OCH3 is 1. The summed E-state index contributed by atoms with van der Waals surface area (Å²) < 4.78 is 10.2. The first kappa shape index (κ1) is 15.0. The normalized spacial score (nSPS) is 11.8. The zero-order valence-electron chi connectivity index (χ0n) is 11.5. The topological polar surface area (TPSA) is 94.7 Å². The van der Waals surface area contributed by atoms with E-state index < -0.39 is 12.2 Å². The summed E-state index contributed by atoms with van der Waals surface area (Å²) in [4.78, 5) is 15.4. The van der Waals surface area contributed by atoms with Crippen molar-refractivity contribution in [1.82, 2.24) is 4.98 Å². The maximum absolute atomic E-state index is 11.4. The lowest BCUT2D eigenvalue weighted by molar-refractivity contribution is 0.0600. The fourth-order valence-corrected chi connectivity index (χ4v) is 1.75. The van der Waals surface area contributed by atoms with E-state index in [2.05, 4.69) is 9.72 Å². The SMILES string of the molecule is COC(=O)c1cccc(COc2cncc(C(N)O)c2)c1. The van der Waals surface area contributed by atoms with E-state index in [1.54, 1.807) is 24.3 Å². The third-order valence-electron chi connectivity index (χ3n) is 2.83. The molecule has 0 aliphatic carbocycles. The average Bonchev–Trinajstić information content (AvgIpc) is 2.52. The molecule has 0 bridgehead atoms.